The minimum absolute atomic E-state index is 0.181. The van der Waals surface area contributed by atoms with Crippen LogP contribution >= 0.6 is 23.2 Å². The molecule has 0 saturated carbocycles. The Morgan fingerprint density at radius 3 is 2.26 bits per heavy atom. The van der Waals surface area contributed by atoms with E-state index in [0.717, 1.165) is 11.1 Å². The normalized spacial score (nSPS) is 17.0. The van der Waals surface area contributed by atoms with Gasteiger partial charge in [-0.25, -0.2) is 0 Å². The van der Waals surface area contributed by atoms with Gasteiger partial charge in [0.15, 0.2) is 0 Å². The number of carbonyl (C=O) groups excluding carboxylic acids is 3. The molecule has 0 aromatic heterocycles. The van der Waals surface area contributed by atoms with Crippen LogP contribution in [-0.2, 0) is 20.8 Å². The van der Waals surface area contributed by atoms with Gasteiger partial charge >= 0.3 is 0 Å². The minimum Gasteiger partial charge on any atom is -0.343 e. The average Bonchev–Trinajstić information content (AvgIpc) is 2.82. The molecule has 1 heterocycles. The van der Waals surface area contributed by atoms with Gasteiger partial charge in [0.1, 0.15) is 12.1 Å². The van der Waals surface area contributed by atoms with E-state index < -0.39 is 24.0 Å². The highest BCUT2D eigenvalue weighted by atomic mass is 35.5. The van der Waals surface area contributed by atoms with Crippen LogP contribution in [0.1, 0.15) is 37.9 Å². The van der Waals surface area contributed by atoms with Crippen LogP contribution < -0.4 is 16.0 Å². The Morgan fingerprint density at radius 2 is 1.65 bits per heavy atom. The highest BCUT2D eigenvalue weighted by molar-refractivity contribution is 6.39. The summed E-state index contributed by atoms with van der Waals surface area (Å²) in [5.41, 5.74) is 2.02. The van der Waals surface area contributed by atoms with E-state index in [-0.39, 0.29) is 17.7 Å². The van der Waals surface area contributed by atoms with Gasteiger partial charge in [0.25, 0.3) is 5.91 Å². The van der Waals surface area contributed by atoms with Crippen molar-refractivity contribution in [2.45, 2.75) is 45.3 Å². The SMILES string of the molecule is CN[C@@H](C)C(=O)N[C@H](C(=O)N1CCc2ccccc2C1C(=O)Nc1c(Cl)cccc1Cl)C(C)C. The maximum absolute atomic E-state index is 13.8. The van der Waals surface area contributed by atoms with Gasteiger partial charge in [0.2, 0.25) is 11.8 Å². The van der Waals surface area contributed by atoms with Crippen LogP contribution in [0.25, 0.3) is 0 Å². The molecule has 0 fully saturated rings. The topological polar surface area (TPSA) is 90.5 Å². The molecule has 0 bridgehead atoms. The Morgan fingerprint density at radius 1 is 1.00 bits per heavy atom. The molecule has 1 aliphatic rings. The second kappa shape index (κ2) is 11.2. The molecule has 0 spiro atoms. The number of rotatable bonds is 7. The van der Waals surface area contributed by atoms with Crippen molar-refractivity contribution >= 4 is 46.6 Å². The van der Waals surface area contributed by atoms with E-state index in [0.29, 0.717) is 28.7 Å². The van der Waals surface area contributed by atoms with E-state index in [1.54, 1.807) is 32.2 Å². The van der Waals surface area contributed by atoms with Gasteiger partial charge in [0.05, 0.1) is 21.8 Å². The number of nitrogens with one attached hydrogen (secondary N) is 3. The third kappa shape index (κ3) is 5.54. The minimum atomic E-state index is -0.898. The number of likely N-dealkylation sites (N-methyl/N-ethyl adjacent to an activating group) is 1. The van der Waals surface area contributed by atoms with Crippen molar-refractivity contribution in [3.63, 3.8) is 0 Å². The lowest BCUT2D eigenvalue weighted by Crippen LogP contribution is -2.57. The smallest absolute Gasteiger partial charge is 0.251 e. The molecular weight excluding hydrogens is 475 g/mol. The maximum Gasteiger partial charge on any atom is 0.251 e. The molecule has 0 saturated heterocycles. The van der Waals surface area contributed by atoms with Crippen LogP contribution in [0.15, 0.2) is 42.5 Å². The predicted molar refractivity (Wildman–Crippen MR) is 135 cm³/mol. The zero-order chi connectivity index (χ0) is 25.0. The second-order valence-corrected chi connectivity index (χ2v) is 9.52. The van der Waals surface area contributed by atoms with Crippen molar-refractivity contribution in [2.24, 2.45) is 5.92 Å². The number of fused-ring (bicyclic) bond motifs is 1. The highest BCUT2D eigenvalue weighted by Crippen LogP contribution is 2.35. The number of benzene rings is 2. The maximum atomic E-state index is 13.8. The standard InChI is InChI=1S/C25H30Cl2N4O3/c1-14(2)20(29-23(32)15(3)28-4)25(34)31-13-12-16-8-5-6-9-17(16)22(31)24(33)30-21-18(26)10-7-11-19(21)27/h5-11,14-15,20,22,28H,12-13H2,1-4H3,(H,29,32)(H,30,33)/t15-,20-,22?/m0/s1. The van der Waals surface area contributed by atoms with Crippen molar-refractivity contribution in [3.05, 3.63) is 63.6 Å². The van der Waals surface area contributed by atoms with Gasteiger partial charge in [0, 0.05) is 6.54 Å². The van der Waals surface area contributed by atoms with Crippen LogP contribution in [0.4, 0.5) is 5.69 Å². The third-order valence-corrected chi connectivity index (χ3v) is 6.71. The molecule has 2 aromatic carbocycles. The largest absolute Gasteiger partial charge is 0.343 e. The molecule has 0 radical (unpaired) electrons. The molecule has 3 rings (SSSR count). The van der Waals surface area contributed by atoms with Crippen molar-refractivity contribution in [1.82, 2.24) is 15.5 Å². The molecule has 0 aliphatic carbocycles. The fourth-order valence-electron chi connectivity index (χ4n) is 4.00. The number of hydrogen-bond donors (Lipinski definition) is 3. The summed E-state index contributed by atoms with van der Waals surface area (Å²) in [4.78, 5) is 41.4. The monoisotopic (exact) mass is 504 g/mol. The molecule has 3 atom stereocenters. The highest BCUT2D eigenvalue weighted by Gasteiger charge is 2.40. The quantitative estimate of drug-likeness (QED) is 0.534. The molecule has 7 nitrogen and oxygen atoms in total. The molecule has 2 aromatic rings. The van der Waals surface area contributed by atoms with Crippen LogP contribution in [0.5, 0.6) is 0 Å². The summed E-state index contributed by atoms with van der Waals surface area (Å²) in [6.07, 6.45) is 0.601. The summed E-state index contributed by atoms with van der Waals surface area (Å²) >= 11 is 12.5. The number of amides is 3. The lowest BCUT2D eigenvalue weighted by molar-refractivity contribution is -0.144. The van der Waals surface area contributed by atoms with Gasteiger partial charge in [-0.3, -0.25) is 14.4 Å². The van der Waals surface area contributed by atoms with E-state index in [1.807, 2.05) is 38.1 Å². The van der Waals surface area contributed by atoms with Crippen molar-refractivity contribution in [1.29, 1.82) is 0 Å². The Balaban J connectivity index is 1.97. The summed E-state index contributed by atoms with van der Waals surface area (Å²) in [7, 11) is 1.68. The third-order valence-electron chi connectivity index (χ3n) is 6.08. The van der Waals surface area contributed by atoms with Gasteiger partial charge in [-0.2, -0.15) is 0 Å². The number of nitrogens with zero attached hydrogens (tertiary/aromatic N) is 1. The summed E-state index contributed by atoms with van der Waals surface area (Å²) in [5.74, 6) is -1.20. The van der Waals surface area contributed by atoms with E-state index >= 15 is 0 Å². The lowest BCUT2D eigenvalue weighted by atomic mass is 9.90. The summed E-state index contributed by atoms with van der Waals surface area (Å²) in [6.45, 7) is 5.79. The molecule has 34 heavy (non-hydrogen) atoms. The van der Waals surface area contributed by atoms with Gasteiger partial charge in [-0.1, -0.05) is 67.4 Å². The number of anilines is 1. The van der Waals surface area contributed by atoms with Gasteiger partial charge in [-0.15, -0.1) is 0 Å². The number of hydrogen-bond acceptors (Lipinski definition) is 4. The first kappa shape index (κ1) is 26.0. The predicted octanol–water partition coefficient (Wildman–Crippen LogP) is 3.81. The van der Waals surface area contributed by atoms with Crippen LogP contribution in [0.3, 0.4) is 0 Å². The van der Waals surface area contributed by atoms with E-state index in [1.165, 1.54) is 4.90 Å². The molecule has 3 N–H and O–H groups in total. The molecule has 9 heteroatoms. The summed E-state index contributed by atoms with van der Waals surface area (Å²) in [6, 6.07) is 10.4. The van der Waals surface area contributed by atoms with Crippen molar-refractivity contribution in [3.8, 4) is 0 Å². The second-order valence-electron chi connectivity index (χ2n) is 8.71. The number of carbonyl (C=O) groups is 3. The van der Waals surface area contributed by atoms with E-state index in [4.69, 9.17) is 23.2 Å². The lowest BCUT2D eigenvalue weighted by Gasteiger charge is -2.39. The summed E-state index contributed by atoms with van der Waals surface area (Å²) in [5, 5.41) is 9.15. The average molecular weight is 505 g/mol. The summed E-state index contributed by atoms with van der Waals surface area (Å²) < 4.78 is 0. The van der Waals surface area contributed by atoms with Crippen LogP contribution in [0, 0.1) is 5.92 Å². The number of para-hydroxylation sites is 1. The van der Waals surface area contributed by atoms with E-state index in [2.05, 4.69) is 16.0 Å². The van der Waals surface area contributed by atoms with Crippen molar-refractivity contribution < 1.29 is 14.4 Å². The Bertz CT molecular complexity index is 1060. The molecule has 3 amide bonds. The zero-order valence-corrected chi connectivity index (χ0v) is 21.2. The van der Waals surface area contributed by atoms with Crippen LogP contribution in [-0.4, -0.2) is 48.3 Å². The van der Waals surface area contributed by atoms with Crippen LogP contribution in [0.2, 0.25) is 10.0 Å². The fraction of sp³-hybridized carbons (Fsp3) is 0.400. The first-order valence-corrected chi connectivity index (χ1v) is 12.0. The van der Waals surface area contributed by atoms with E-state index in [9.17, 15) is 14.4 Å². The number of halogens is 2. The van der Waals surface area contributed by atoms with Gasteiger partial charge in [-0.05, 0) is 49.6 Å². The fourth-order valence-corrected chi connectivity index (χ4v) is 4.49. The van der Waals surface area contributed by atoms with Gasteiger partial charge < -0.3 is 20.9 Å². The Kier molecular flexibility index (Phi) is 8.57. The molecule has 182 valence electrons. The molecule has 1 aliphatic heterocycles. The van der Waals surface area contributed by atoms with Crippen molar-refractivity contribution in [2.75, 3.05) is 18.9 Å². The Labute approximate surface area is 210 Å². The first-order chi connectivity index (χ1) is 16.1. The first-order valence-electron chi connectivity index (χ1n) is 11.3. The molecular formula is C25H30Cl2N4O3. The Hall–Kier alpha value is -2.61. The molecule has 1 unspecified atom stereocenters. The zero-order valence-electron chi connectivity index (χ0n) is 19.7.